The van der Waals surface area contributed by atoms with E-state index in [2.05, 4.69) is 31.3 Å². The molecule has 0 aliphatic rings. The Morgan fingerprint density at radius 2 is 1.89 bits per heavy atom. The van der Waals surface area contributed by atoms with Crippen LogP contribution in [0.15, 0.2) is 29.2 Å². The fourth-order valence-electron chi connectivity index (χ4n) is 1.83. The van der Waals surface area contributed by atoms with Crippen molar-refractivity contribution >= 4 is 11.8 Å². The van der Waals surface area contributed by atoms with E-state index in [1.165, 1.54) is 11.3 Å². The van der Waals surface area contributed by atoms with Crippen LogP contribution in [-0.4, -0.2) is 23.4 Å². The maximum atomic E-state index is 10.2. The Hall–Kier alpha value is -0.510. The number of aliphatic hydroxyl groups excluding tert-OH is 1. The van der Waals surface area contributed by atoms with Gasteiger partial charge in [0, 0.05) is 10.9 Å². The van der Waals surface area contributed by atoms with Gasteiger partial charge in [-0.3, -0.25) is 0 Å². The third-order valence-electron chi connectivity index (χ3n) is 3.00. The number of unbranched alkanes of at least 4 members (excludes halogenated alkanes) is 1. The Morgan fingerprint density at radius 3 is 2.44 bits per heavy atom. The van der Waals surface area contributed by atoms with Crippen LogP contribution in [-0.2, 0) is 0 Å². The molecule has 0 aromatic heterocycles. The molecule has 0 radical (unpaired) electrons. The Morgan fingerprint density at radius 1 is 1.22 bits per heavy atom. The van der Waals surface area contributed by atoms with Crippen LogP contribution in [0.4, 0.5) is 0 Å². The van der Waals surface area contributed by atoms with Crippen LogP contribution in [0.1, 0.15) is 45.3 Å². The summed E-state index contributed by atoms with van der Waals surface area (Å²) in [7, 11) is 0. The number of rotatable bonds is 8. The van der Waals surface area contributed by atoms with Crippen LogP contribution in [0.5, 0.6) is 0 Å². The third kappa shape index (κ3) is 5.01. The molecule has 2 nitrogen and oxygen atoms in total. The van der Waals surface area contributed by atoms with Crippen LogP contribution in [0, 0.1) is 0 Å². The van der Waals surface area contributed by atoms with E-state index >= 15 is 0 Å². The molecule has 2 atom stereocenters. The first kappa shape index (κ1) is 15.5. The standard InChI is InChI=1S/C15H25NOS/c1-4-6-11-16-12(3)15(17)13-7-9-14(10-8-13)18-5-2/h7-10,12,15-17H,4-6,11H2,1-3H3. The van der Waals surface area contributed by atoms with Gasteiger partial charge in [-0.2, -0.15) is 0 Å². The lowest BCUT2D eigenvalue weighted by molar-refractivity contribution is 0.136. The topological polar surface area (TPSA) is 32.3 Å². The minimum absolute atomic E-state index is 0.0984. The van der Waals surface area contributed by atoms with E-state index in [1.54, 1.807) is 0 Å². The van der Waals surface area contributed by atoms with E-state index in [4.69, 9.17) is 0 Å². The van der Waals surface area contributed by atoms with Crippen molar-refractivity contribution in [3.8, 4) is 0 Å². The summed E-state index contributed by atoms with van der Waals surface area (Å²) in [5.74, 6) is 1.08. The lowest BCUT2D eigenvalue weighted by Gasteiger charge is -2.20. The molecule has 1 aromatic carbocycles. The number of nitrogens with one attached hydrogen (secondary N) is 1. The summed E-state index contributed by atoms with van der Waals surface area (Å²) < 4.78 is 0. The summed E-state index contributed by atoms with van der Waals surface area (Å²) >= 11 is 1.82. The Kier molecular flexibility index (Phi) is 7.40. The molecule has 0 bridgehead atoms. The molecule has 0 aliphatic heterocycles. The Labute approximate surface area is 115 Å². The molecule has 0 saturated heterocycles. The molecule has 0 heterocycles. The summed E-state index contributed by atoms with van der Waals surface area (Å²) in [5.41, 5.74) is 0.993. The Bertz CT molecular complexity index is 326. The van der Waals surface area contributed by atoms with E-state index in [0.717, 1.165) is 24.3 Å². The molecule has 1 aromatic rings. The third-order valence-corrected chi connectivity index (χ3v) is 3.90. The van der Waals surface area contributed by atoms with E-state index < -0.39 is 6.10 Å². The largest absolute Gasteiger partial charge is 0.387 e. The average Bonchev–Trinajstić information content (AvgIpc) is 2.39. The molecule has 0 spiro atoms. The van der Waals surface area contributed by atoms with Gasteiger partial charge in [0.05, 0.1) is 6.10 Å². The molecular weight excluding hydrogens is 242 g/mol. The van der Waals surface area contributed by atoms with Gasteiger partial charge in [-0.25, -0.2) is 0 Å². The van der Waals surface area contributed by atoms with Gasteiger partial charge in [0.25, 0.3) is 0 Å². The first-order valence-electron chi connectivity index (χ1n) is 6.83. The van der Waals surface area contributed by atoms with E-state index in [-0.39, 0.29) is 6.04 Å². The van der Waals surface area contributed by atoms with Crippen molar-refractivity contribution in [2.75, 3.05) is 12.3 Å². The monoisotopic (exact) mass is 267 g/mol. The molecule has 2 N–H and O–H groups in total. The first-order chi connectivity index (χ1) is 8.69. The van der Waals surface area contributed by atoms with Gasteiger partial charge >= 0.3 is 0 Å². The molecule has 0 aliphatic carbocycles. The summed E-state index contributed by atoms with van der Waals surface area (Å²) in [4.78, 5) is 1.26. The van der Waals surface area contributed by atoms with Crippen LogP contribution in [0.2, 0.25) is 0 Å². The lowest BCUT2D eigenvalue weighted by Crippen LogP contribution is -2.32. The highest BCUT2D eigenvalue weighted by Gasteiger charge is 2.15. The number of hydrogen-bond donors (Lipinski definition) is 2. The number of aliphatic hydroxyl groups is 1. The van der Waals surface area contributed by atoms with Crippen molar-refractivity contribution in [1.82, 2.24) is 5.32 Å². The minimum atomic E-state index is -0.428. The highest BCUT2D eigenvalue weighted by atomic mass is 32.2. The number of thioether (sulfide) groups is 1. The molecule has 0 fully saturated rings. The van der Waals surface area contributed by atoms with Crippen molar-refractivity contribution in [3.05, 3.63) is 29.8 Å². The van der Waals surface area contributed by atoms with Gasteiger partial charge in [0.1, 0.15) is 0 Å². The zero-order valence-electron chi connectivity index (χ0n) is 11.6. The van der Waals surface area contributed by atoms with E-state index in [1.807, 2.05) is 30.8 Å². The minimum Gasteiger partial charge on any atom is -0.387 e. The summed E-state index contributed by atoms with van der Waals surface area (Å²) in [5, 5.41) is 13.6. The van der Waals surface area contributed by atoms with Crippen molar-refractivity contribution in [2.45, 2.75) is 50.7 Å². The summed E-state index contributed by atoms with van der Waals surface area (Å²) in [6.07, 6.45) is 1.91. The van der Waals surface area contributed by atoms with Crippen LogP contribution < -0.4 is 5.32 Å². The smallest absolute Gasteiger partial charge is 0.0940 e. The lowest BCUT2D eigenvalue weighted by atomic mass is 10.0. The molecule has 18 heavy (non-hydrogen) atoms. The van der Waals surface area contributed by atoms with Crippen molar-refractivity contribution in [1.29, 1.82) is 0 Å². The van der Waals surface area contributed by atoms with E-state index in [9.17, 15) is 5.11 Å². The molecule has 0 amide bonds. The molecule has 1 rings (SSSR count). The van der Waals surface area contributed by atoms with Gasteiger partial charge in [0.15, 0.2) is 0 Å². The fourth-order valence-corrected chi connectivity index (χ4v) is 2.50. The summed E-state index contributed by atoms with van der Waals surface area (Å²) in [6, 6.07) is 8.33. The van der Waals surface area contributed by atoms with Gasteiger partial charge < -0.3 is 10.4 Å². The maximum Gasteiger partial charge on any atom is 0.0940 e. The fraction of sp³-hybridized carbons (Fsp3) is 0.600. The van der Waals surface area contributed by atoms with Crippen molar-refractivity contribution < 1.29 is 5.11 Å². The zero-order chi connectivity index (χ0) is 13.4. The second-order valence-corrected chi connectivity index (χ2v) is 5.88. The van der Waals surface area contributed by atoms with Crippen LogP contribution in [0.3, 0.4) is 0 Å². The molecule has 0 saturated carbocycles. The maximum absolute atomic E-state index is 10.2. The second-order valence-electron chi connectivity index (χ2n) is 4.54. The van der Waals surface area contributed by atoms with Gasteiger partial charge in [-0.05, 0) is 43.3 Å². The van der Waals surface area contributed by atoms with E-state index in [0.29, 0.717) is 0 Å². The van der Waals surface area contributed by atoms with Crippen LogP contribution in [0.25, 0.3) is 0 Å². The SMILES string of the molecule is CCCCNC(C)C(O)c1ccc(SCC)cc1. The Balaban J connectivity index is 2.51. The zero-order valence-corrected chi connectivity index (χ0v) is 12.5. The number of hydrogen-bond acceptors (Lipinski definition) is 3. The quantitative estimate of drug-likeness (QED) is 0.557. The molecule has 3 heteroatoms. The van der Waals surface area contributed by atoms with Crippen molar-refractivity contribution in [3.63, 3.8) is 0 Å². The average molecular weight is 267 g/mol. The predicted molar refractivity (Wildman–Crippen MR) is 80.2 cm³/mol. The normalized spacial score (nSPS) is 14.4. The predicted octanol–water partition coefficient (Wildman–Crippen LogP) is 3.61. The molecule has 2 unspecified atom stereocenters. The molecular formula is C15H25NOS. The number of benzene rings is 1. The highest BCUT2D eigenvalue weighted by molar-refractivity contribution is 7.99. The second kappa shape index (κ2) is 8.57. The van der Waals surface area contributed by atoms with Gasteiger partial charge in [-0.1, -0.05) is 32.4 Å². The highest BCUT2D eigenvalue weighted by Crippen LogP contribution is 2.22. The van der Waals surface area contributed by atoms with Gasteiger partial charge in [0.2, 0.25) is 0 Å². The van der Waals surface area contributed by atoms with Crippen LogP contribution >= 0.6 is 11.8 Å². The summed E-state index contributed by atoms with van der Waals surface area (Å²) in [6.45, 7) is 7.33. The van der Waals surface area contributed by atoms with Gasteiger partial charge in [-0.15, -0.1) is 11.8 Å². The molecule has 102 valence electrons. The van der Waals surface area contributed by atoms with Crippen molar-refractivity contribution in [2.24, 2.45) is 0 Å². The first-order valence-corrected chi connectivity index (χ1v) is 7.81.